The van der Waals surface area contributed by atoms with Crippen molar-refractivity contribution in [1.82, 2.24) is 9.80 Å². The van der Waals surface area contributed by atoms with Crippen LogP contribution in [0.25, 0.3) is 0 Å². The van der Waals surface area contributed by atoms with Gasteiger partial charge in [0.2, 0.25) is 0 Å². The molecule has 1 heterocycles. The largest absolute Gasteiger partial charge is 0.465 e. The monoisotopic (exact) mass is 270 g/mol. The van der Waals surface area contributed by atoms with Gasteiger partial charge >= 0.3 is 5.97 Å². The molecule has 4 heteroatoms. The van der Waals surface area contributed by atoms with Gasteiger partial charge in [-0.2, -0.15) is 0 Å². The fourth-order valence-corrected chi connectivity index (χ4v) is 2.05. The van der Waals surface area contributed by atoms with Gasteiger partial charge in [-0.05, 0) is 39.8 Å². The van der Waals surface area contributed by atoms with Crippen LogP contribution in [0.1, 0.15) is 34.1 Å². The number of ether oxygens (including phenoxy) is 1. The molecule has 0 bridgehead atoms. The number of rotatable bonds is 6. The van der Waals surface area contributed by atoms with Crippen molar-refractivity contribution < 1.29 is 9.53 Å². The molecule has 0 radical (unpaired) electrons. The molecule has 1 fully saturated rings. The molecule has 0 amide bonds. The molecule has 0 atom stereocenters. The summed E-state index contributed by atoms with van der Waals surface area (Å²) in [5, 5.41) is 0. The van der Waals surface area contributed by atoms with Crippen LogP contribution in [0.3, 0.4) is 0 Å². The summed E-state index contributed by atoms with van der Waals surface area (Å²) in [6.45, 7) is 14.1. The first kappa shape index (κ1) is 16.4. The van der Waals surface area contributed by atoms with Crippen molar-refractivity contribution in [3.05, 3.63) is 0 Å². The SMILES string of the molecule is CC(C)COC(=O)C(C)(C)CCN1CCN(C)CC1. The fourth-order valence-electron chi connectivity index (χ4n) is 2.05. The van der Waals surface area contributed by atoms with Gasteiger partial charge in [0.25, 0.3) is 0 Å². The number of piperazine rings is 1. The van der Waals surface area contributed by atoms with E-state index in [1.807, 2.05) is 13.8 Å². The molecular weight excluding hydrogens is 240 g/mol. The van der Waals surface area contributed by atoms with Gasteiger partial charge in [-0.25, -0.2) is 0 Å². The standard InChI is InChI=1S/C15H30N2O2/c1-13(2)12-19-14(18)15(3,4)6-7-17-10-8-16(5)9-11-17/h13H,6-12H2,1-5H3. The second-order valence-corrected chi connectivity index (χ2v) is 6.77. The Morgan fingerprint density at radius 2 is 1.79 bits per heavy atom. The Labute approximate surface area is 118 Å². The van der Waals surface area contributed by atoms with E-state index in [1.54, 1.807) is 0 Å². The van der Waals surface area contributed by atoms with Crippen LogP contribution in [0.2, 0.25) is 0 Å². The molecule has 0 aromatic rings. The predicted octanol–water partition coefficient (Wildman–Crippen LogP) is 1.85. The molecule has 0 unspecified atom stereocenters. The van der Waals surface area contributed by atoms with Crippen molar-refractivity contribution in [2.24, 2.45) is 11.3 Å². The Morgan fingerprint density at radius 3 is 2.32 bits per heavy atom. The Balaban J connectivity index is 2.31. The van der Waals surface area contributed by atoms with E-state index in [2.05, 4.69) is 30.7 Å². The molecule has 4 nitrogen and oxygen atoms in total. The van der Waals surface area contributed by atoms with Crippen molar-refractivity contribution >= 4 is 5.97 Å². The number of carbonyl (C=O) groups is 1. The third-order valence-corrected chi connectivity index (χ3v) is 3.75. The number of nitrogens with zero attached hydrogens (tertiary/aromatic N) is 2. The zero-order valence-electron chi connectivity index (χ0n) is 13.2. The Hall–Kier alpha value is -0.610. The van der Waals surface area contributed by atoms with Gasteiger partial charge in [-0.1, -0.05) is 13.8 Å². The molecule has 0 spiro atoms. The maximum Gasteiger partial charge on any atom is 0.311 e. The smallest absolute Gasteiger partial charge is 0.311 e. The minimum atomic E-state index is -0.377. The van der Waals surface area contributed by atoms with Crippen LogP contribution >= 0.6 is 0 Å². The zero-order valence-corrected chi connectivity index (χ0v) is 13.2. The van der Waals surface area contributed by atoms with Crippen molar-refractivity contribution in [2.75, 3.05) is 46.4 Å². The third-order valence-electron chi connectivity index (χ3n) is 3.75. The van der Waals surface area contributed by atoms with E-state index >= 15 is 0 Å². The quantitative estimate of drug-likeness (QED) is 0.690. The topological polar surface area (TPSA) is 32.8 Å². The summed E-state index contributed by atoms with van der Waals surface area (Å²) in [7, 11) is 2.16. The lowest BCUT2D eigenvalue weighted by Gasteiger charge is -2.34. The lowest BCUT2D eigenvalue weighted by molar-refractivity contribution is -0.155. The highest BCUT2D eigenvalue weighted by atomic mass is 16.5. The second kappa shape index (κ2) is 7.25. The molecule has 0 aromatic carbocycles. The molecule has 1 rings (SSSR count). The van der Waals surface area contributed by atoms with Crippen LogP contribution in [-0.4, -0.2) is 62.1 Å². The molecule has 1 aliphatic rings. The van der Waals surface area contributed by atoms with E-state index in [0.29, 0.717) is 12.5 Å². The van der Waals surface area contributed by atoms with Crippen LogP contribution in [0, 0.1) is 11.3 Å². The Morgan fingerprint density at radius 1 is 1.21 bits per heavy atom. The molecule has 19 heavy (non-hydrogen) atoms. The summed E-state index contributed by atoms with van der Waals surface area (Å²) in [4.78, 5) is 16.8. The first-order valence-corrected chi connectivity index (χ1v) is 7.39. The molecular formula is C15H30N2O2. The van der Waals surface area contributed by atoms with Crippen LogP contribution in [0.15, 0.2) is 0 Å². The van der Waals surface area contributed by atoms with Crippen molar-refractivity contribution in [3.63, 3.8) is 0 Å². The highest BCUT2D eigenvalue weighted by molar-refractivity contribution is 5.75. The molecule has 0 aliphatic carbocycles. The summed E-state index contributed by atoms with van der Waals surface area (Å²) in [6, 6.07) is 0. The number of carbonyl (C=O) groups excluding carboxylic acids is 1. The molecule has 112 valence electrons. The second-order valence-electron chi connectivity index (χ2n) is 6.77. The number of likely N-dealkylation sites (N-methyl/N-ethyl adjacent to an activating group) is 1. The van der Waals surface area contributed by atoms with E-state index in [4.69, 9.17) is 4.74 Å². The first-order valence-electron chi connectivity index (χ1n) is 7.39. The average molecular weight is 270 g/mol. The van der Waals surface area contributed by atoms with Gasteiger partial charge in [0.1, 0.15) is 0 Å². The summed E-state index contributed by atoms with van der Waals surface area (Å²) in [6.07, 6.45) is 0.869. The van der Waals surface area contributed by atoms with Crippen molar-refractivity contribution in [2.45, 2.75) is 34.1 Å². The van der Waals surface area contributed by atoms with Crippen LogP contribution < -0.4 is 0 Å². The number of hydrogen-bond donors (Lipinski definition) is 0. The predicted molar refractivity (Wildman–Crippen MR) is 78.1 cm³/mol. The average Bonchev–Trinajstić information content (AvgIpc) is 2.35. The van der Waals surface area contributed by atoms with Gasteiger partial charge in [0, 0.05) is 26.2 Å². The minimum absolute atomic E-state index is 0.0599. The normalized spacial score (nSPS) is 18.8. The maximum absolute atomic E-state index is 12.0. The van der Waals surface area contributed by atoms with E-state index in [9.17, 15) is 4.79 Å². The highest BCUT2D eigenvalue weighted by Gasteiger charge is 2.30. The molecule has 0 aromatic heterocycles. The van der Waals surface area contributed by atoms with Gasteiger partial charge in [0.05, 0.1) is 12.0 Å². The fraction of sp³-hybridized carbons (Fsp3) is 0.933. The Kier molecular flexibility index (Phi) is 6.27. The van der Waals surface area contributed by atoms with Crippen LogP contribution in [0.4, 0.5) is 0 Å². The van der Waals surface area contributed by atoms with Crippen molar-refractivity contribution in [3.8, 4) is 0 Å². The summed E-state index contributed by atoms with van der Waals surface area (Å²) in [5.41, 5.74) is -0.377. The molecule has 0 saturated carbocycles. The van der Waals surface area contributed by atoms with Crippen LogP contribution in [-0.2, 0) is 9.53 Å². The number of hydrogen-bond acceptors (Lipinski definition) is 4. The Bertz CT molecular complexity index is 282. The molecule has 1 aliphatic heterocycles. The number of esters is 1. The summed E-state index contributed by atoms with van der Waals surface area (Å²) < 4.78 is 5.36. The highest BCUT2D eigenvalue weighted by Crippen LogP contribution is 2.23. The summed E-state index contributed by atoms with van der Waals surface area (Å²) in [5.74, 6) is 0.340. The first-order chi connectivity index (χ1) is 8.81. The van der Waals surface area contributed by atoms with E-state index in [0.717, 1.165) is 39.1 Å². The van der Waals surface area contributed by atoms with Gasteiger partial charge in [-0.3, -0.25) is 4.79 Å². The zero-order chi connectivity index (χ0) is 14.5. The van der Waals surface area contributed by atoms with Crippen molar-refractivity contribution in [1.29, 1.82) is 0 Å². The van der Waals surface area contributed by atoms with E-state index < -0.39 is 0 Å². The lowest BCUT2D eigenvalue weighted by Crippen LogP contribution is -2.45. The van der Waals surface area contributed by atoms with Gasteiger partial charge in [-0.15, -0.1) is 0 Å². The van der Waals surface area contributed by atoms with E-state index in [-0.39, 0.29) is 11.4 Å². The maximum atomic E-state index is 12.0. The third kappa shape index (κ3) is 5.91. The van der Waals surface area contributed by atoms with Gasteiger partial charge in [0.15, 0.2) is 0 Å². The molecule has 0 N–H and O–H groups in total. The lowest BCUT2D eigenvalue weighted by atomic mass is 9.89. The minimum Gasteiger partial charge on any atom is -0.465 e. The molecule has 1 saturated heterocycles. The van der Waals surface area contributed by atoms with Gasteiger partial charge < -0.3 is 14.5 Å². The summed E-state index contributed by atoms with van der Waals surface area (Å²) >= 11 is 0. The van der Waals surface area contributed by atoms with Crippen LogP contribution in [0.5, 0.6) is 0 Å². The van der Waals surface area contributed by atoms with E-state index in [1.165, 1.54) is 0 Å².